The van der Waals surface area contributed by atoms with Crippen LogP contribution in [0.5, 0.6) is 5.75 Å². The molecule has 0 radical (unpaired) electrons. The zero-order valence-electron chi connectivity index (χ0n) is 15.0. The Morgan fingerprint density at radius 3 is 2.52 bits per heavy atom. The Bertz CT molecular complexity index is 1210. The number of benzene rings is 3. The van der Waals surface area contributed by atoms with Gasteiger partial charge in [0.25, 0.3) is 5.91 Å². The molecule has 1 amide bonds. The number of thiazole rings is 1. The smallest absolute Gasteiger partial charge is 0.275 e. The highest BCUT2D eigenvalue weighted by Gasteiger charge is 2.12. The summed E-state index contributed by atoms with van der Waals surface area (Å²) in [6, 6.07) is 20.2. The van der Waals surface area contributed by atoms with Crippen molar-refractivity contribution in [3.63, 3.8) is 0 Å². The number of para-hydroxylation sites is 1. The first-order chi connectivity index (χ1) is 14.1. The second kappa shape index (κ2) is 8.30. The van der Waals surface area contributed by atoms with Crippen molar-refractivity contribution in [1.29, 1.82) is 0 Å². The second-order valence-corrected chi connectivity index (χ2v) is 7.47. The normalized spacial score (nSPS) is 11.1. The summed E-state index contributed by atoms with van der Waals surface area (Å²) in [6.45, 7) is 0. The van der Waals surface area contributed by atoms with Crippen molar-refractivity contribution < 1.29 is 9.90 Å². The maximum absolute atomic E-state index is 12.4. The first kappa shape index (κ1) is 18.9. The van der Waals surface area contributed by atoms with Crippen LogP contribution >= 0.6 is 22.9 Å². The predicted molar refractivity (Wildman–Crippen MR) is 118 cm³/mol. The Labute approximate surface area is 175 Å². The van der Waals surface area contributed by atoms with E-state index in [2.05, 4.69) is 20.8 Å². The number of nitrogens with one attached hydrogen (secondary N) is 2. The fourth-order valence-corrected chi connectivity index (χ4v) is 3.76. The van der Waals surface area contributed by atoms with E-state index in [0.717, 1.165) is 16.5 Å². The highest BCUT2D eigenvalue weighted by atomic mass is 35.5. The van der Waals surface area contributed by atoms with Gasteiger partial charge in [-0.3, -0.25) is 4.79 Å². The van der Waals surface area contributed by atoms with Crippen LogP contribution < -0.4 is 10.7 Å². The average molecular weight is 423 g/mol. The SMILES string of the molecule is O=C(N/N=C\c1sc(Nc2ccccc2)nc1Cl)c1cc2ccccc2cc1O. The average Bonchev–Trinajstić information content (AvgIpc) is 3.07. The molecule has 0 saturated heterocycles. The van der Waals surface area contributed by atoms with Gasteiger partial charge in [0.2, 0.25) is 0 Å². The molecule has 0 aliphatic rings. The maximum atomic E-state index is 12.4. The zero-order chi connectivity index (χ0) is 20.2. The van der Waals surface area contributed by atoms with E-state index in [9.17, 15) is 9.90 Å². The third-order valence-electron chi connectivity index (χ3n) is 4.09. The first-order valence-electron chi connectivity index (χ1n) is 8.64. The molecule has 0 atom stereocenters. The molecule has 0 bridgehead atoms. The van der Waals surface area contributed by atoms with Gasteiger partial charge in [0, 0.05) is 5.69 Å². The molecule has 0 aliphatic carbocycles. The van der Waals surface area contributed by atoms with Gasteiger partial charge in [-0.15, -0.1) is 0 Å². The van der Waals surface area contributed by atoms with Crippen LogP contribution in [0.4, 0.5) is 10.8 Å². The quantitative estimate of drug-likeness (QED) is 0.306. The van der Waals surface area contributed by atoms with E-state index in [1.54, 1.807) is 12.1 Å². The van der Waals surface area contributed by atoms with E-state index < -0.39 is 5.91 Å². The van der Waals surface area contributed by atoms with Gasteiger partial charge in [0.05, 0.1) is 16.7 Å². The van der Waals surface area contributed by atoms with Crippen LogP contribution in [0.2, 0.25) is 5.15 Å². The number of phenolic OH excluding ortho intramolecular Hbond substituents is 1. The van der Waals surface area contributed by atoms with Crippen LogP contribution in [0, 0.1) is 0 Å². The highest BCUT2D eigenvalue weighted by Crippen LogP contribution is 2.28. The van der Waals surface area contributed by atoms with Gasteiger partial charge in [-0.05, 0) is 35.0 Å². The fraction of sp³-hybridized carbons (Fsp3) is 0. The number of phenols is 1. The van der Waals surface area contributed by atoms with E-state index in [0.29, 0.717) is 10.0 Å². The number of rotatable bonds is 5. The predicted octanol–water partition coefficient (Wildman–Crippen LogP) is 5.16. The van der Waals surface area contributed by atoms with Gasteiger partial charge in [0.1, 0.15) is 5.75 Å². The number of hydrazone groups is 1. The van der Waals surface area contributed by atoms with Gasteiger partial charge in [-0.1, -0.05) is 65.4 Å². The minimum Gasteiger partial charge on any atom is -0.507 e. The number of anilines is 2. The van der Waals surface area contributed by atoms with Crippen LogP contribution in [0.25, 0.3) is 10.8 Å². The molecule has 0 fully saturated rings. The van der Waals surface area contributed by atoms with Crippen molar-refractivity contribution in [3.05, 3.63) is 82.3 Å². The molecule has 144 valence electrons. The Morgan fingerprint density at radius 1 is 1.07 bits per heavy atom. The standard InChI is InChI=1S/C21H15ClN4O2S/c22-19-18(29-21(25-19)24-15-8-2-1-3-9-15)12-23-26-20(28)16-10-13-6-4-5-7-14(13)11-17(16)27/h1-12,27H,(H,24,25)(H,26,28)/b23-12-. The molecule has 29 heavy (non-hydrogen) atoms. The first-order valence-corrected chi connectivity index (χ1v) is 9.83. The molecule has 1 heterocycles. The Hall–Kier alpha value is -3.42. The molecule has 0 spiro atoms. The van der Waals surface area contributed by atoms with Crippen molar-refractivity contribution in [2.45, 2.75) is 0 Å². The fourth-order valence-electron chi connectivity index (χ4n) is 2.71. The van der Waals surface area contributed by atoms with E-state index in [1.165, 1.54) is 17.6 Å². The van der Waals surface area contributed by atoms with Crippen molar-refractivity contribution in [2.24, 2.45) is 5.10 Å². The monoisotopic (exact) mass is 422 g/mol. The van der Waals surface area contributed by atoms with Crippen molar-refractivity contribution in [2.75, 3.05) is 5.32 Å². The molecule has 1 aromatic heterocycles. The third-order valence-corrected chi connectivity index (χ3v) is 5.40. The third kappa shape index (κ3) is 4.37. The van der Waals surface area contributed by atoms with E-state index in [4.69, 9.17) is 11.6 Å². The zero-order valence-corrected chi connectivity index (χ0v) is 16.5. The number of aromatic nitrogens is 1. The molecule has 6 nitrogen and oxygen atoms in total. The molecule has 4 aromatic rings. The molecule has 8 heteroatoms. The Morgan fingerprint density at radius 2 is 1.76 bits per heavy atom. The lowest BCUT2D eigenvalue weighted by atomic mass is 10.1. The number of nitrogens with zero attached hydrogens (tertiary/aromatic N) is 2. The van der Waals surface area contributed by atoms with Crippen molar-refractivity contribution in [3.8, 4) is 5.75 Å². The summed E-state index contributed by atoms with van der Waals surface area (Å²) >= 11 is 7.45. The molecule has 0 saturated carbocycles. The second-order valence-electron chi connectivity index (χ2n) is 6.08. The van der Waals surface area contributed by atoms with Crippen molar-refractivity contribution >= 4 is 56.7 Å². The summed E-state index contributed by atoms with van der Waals surface area (Å²) in [5, 5.41) is 19.8. The number of halogens is 1. The number of aromatic hydroxyl groups is 1. The highest BCUT2D eigenvalue weighted by molar-refractivity contribution is 7.17. The number of carbonyl (C=O) groups is 1. The molecule has 3 aromatic carbocycles. The molecule has 4 rings (SSSR count). The number of amides is 1. The number of fused-ring (bicyclic) bond motifs is 1. The Balaban J connectivity index is 1.46. The van der Waals surface area contributed by atoms with Gasteiger partial charge >= 0.3 is 0 Å². The largest absolute Gasteiger partial charge is 0.507 e. The van der Waals surface area contributed by atoms with Crippen LogP contribution in [-0.4, -0.2) is 22.2 Å². The van der Waals surface area contributed by atoms with E-state index in [-0.39, 0.29) is 16.5 Å². The molecule has 3 N–H and O–H groups in total. The molecule has 0 aliphatic heterocycles. The summed E-state index contributed by atoms with van der Waals surface area (Å²) in [5.74, 6) is -0.630. The van der Waals surface area contributed by atoms with E-state index in [1.807, 2.05) is 54.6 Å². The van der Waals surface area contributed by atoms with Crippen LogP contribution in [0.1, 0.15) is 15.2 Å². The number of hydrogen-bond acceptors (Lipinski definition) is 6. The molecular weight excluding hydrogens is 408 g/mol. The van der Waals surface area contributed by atoms with Crippen LogP contribution in [0.3, 0.4) is 0 Å². The van der Waals surface area contributed by atoms with Gasteiger partial charge < -0.3 is 10.4 Å². The minimum atomic E-state index is -0.521. The van der Waals surface area contributed by atoms with Crippen molar-refractivity contribution in [1.82, 2.24) is 10.4 Å². The van der Waals surface area contributed by atoms with Gasteiger partial charge in [-0.2, -0.15) is 5.10 Å². The molecular formula is C21H15ClN4O2S. The number of hydrogen-bond donors (Lipinski definition) is 3. The maximum Gasteiger partial charge on any atom is 0.275 e. The lowest BCUT2D eigenvalue weighted by Crippen LogP contribution is -2.17. The summed E-state index contributed by atoms with van der Waals surface area (Å²) < 4.78 is 0. The summed E-state index contributed by atoms with van der Waals surface area (Å²) in [4.78, 5) is 17.2. The Kier molecular flexibility index (Phi) is 5.41. The molecule has 0 unspecified atom stereocenters. The van der Waals surface area contributed by atoms with Gasteiger partial charge in [0.15, 0.2) is 10.3 Å². The number of carbonyl (C=O) groups excluding carboxylic acids is 1. The van der Waals surface area contributed by atoms with Crippen LogP contribution in [0.15, 0.2) is 71.8 Å². The summed E-state index contributed by atoms with van der Waals surface area (Å²) in [7, 11) is 0. The lowest BCUT2D eigenvalue weighted by molar-refractivity contribution is 0.0952. The topological polar surface area (TPSA) is 86.6 Å². The lowest BCUT2D eigenvalue weighted by Gasteiger charge is -2.05. The van der Waals surface area contributed by atoms with Gasteiger partial charge in [-0.25, -0.2) is 10.4 Å². The van der Waals surface area contributed by atoms with E-state index >= 15 is 0 Å². The summed E-state index contributed by atoms with van der Waals surface area (Å²) in [5.41, 5.74) is 3.44. The minimum absolute atomic E-state index is 0.110. The summed E-state index contributed by atoms with van der Waals surface area (Å²) in [6.07, 6.45) is 1.42. The van der Waals surface area contributed by atoms with Crippen LogP contribution in [-0.2, 0) is 0 Å².